The largest absolute Gasteiger partial charge is 0.497 e. The van der Waals surface area contributed by atoms with Crippen LogP contribution in [0.3, 0.4) is 0 Å². The third kappa shape index (κ3) is 2.88. The minimum absolute atomic E-state index is 0.252. The molecule has 2 aromatic heterocycles. The van der Waals surface area contributed by atoms with E-state index in [1.54, 1.807) is 7.11 Å². The van der Waals surface area contributed by atoms with Crippen molar-refractivity contribution in [3.8, 4) is 28.3 Å². The Hall–Kier alpha value is -3.05. The Morgan fingerprint density at radius 1 is 1.14 bits per heavy atom. The second-order valence-corrected chi connectivity index (χ2v) is 7.70. The Balaban J connectivity index is 2.06. The summed E-state index contributed by atoms with van der Waals surface area (Å²) in [5.41, 5.74) is 11.9. The SMILES string of the molecule is COc1ccc2[nH]c(-c3c(-c4ccccc4)noc3C)c(C(C)(C)CN)c2c1. The van der Waals surface area contributed by atoms with Gasteiger partial charge in [0.15, 0.2) is 0 Å². The van der Waals surface area contributed by atoms with E-state index in [0.29, 0.717) is 6.54 Å². The van der Waals surface area contributed by atoms with Gasteiger partial charge < -0.3 is 20.0 Å². The molecule has 0 unspecified atom stereocenters. The Morgan fingerprint density at radius 3 is 2.57 bits per heavy atom. The lowest BCUT2D eigenvalue weighted by Crippen LogP contribution is -2.28. The fourth-order valence-electron chi connectivity index (χ4n) is 3.75. The lowest BCUT2D eigenvalue weighted by Gasteiger charge is -2.24. The van der Waals surface area contributed by atoms with E-state index in [0.717, 1.165) is 50.5 Å². The first-order chi connectivity index (χ1) is 13.5. The predicted molar refractivity (Wildman–Crippen MR) is 113 cm³/mol. The van der Waals surface area contributed by atoms with Crippen LogP contribution in [-0.4, -0.2) is 23.8 Å². The van der Waals surface area contributed by atoms with E-state index >= 15 is 0 Å². The number of hydrogen-bond acceptors (Lipinski definition) is 4. The number of rotatable bonds is 5. The lowest BCUT2D eigenvalue weighted by molar-refractivity contribution is 0.400. The zero-order valence-corrected chi connectivity index (χ0v) is 16.7. The van der Waals surface area contributed by atoms with Gasteiger partial charge in [0, 0.05) is 28.4 Å². The monoisotopic (exact) mass is 375 g/mol. The number of H-pyrrole nitrogens is 1. The van der Waals surface area contributed by atoms with Gasteiger partial charge in [-0.05, 0) is 30.7 Å². The molecule has 5 heteroatoms. The number of aromatic amines is 1. The van der Waals surface area contributed by atoms with Crippen molar-refractivity contribution in [3.05, 3.63) is 59.9 Å². The zero-order valence-electron chi connectivity index (χ0n) is 16.7. The van der Waals surface area contributed by atoms with Gasteiger partial charge >= 0.3 is 0 Å². The topological polar surface area (TPSA) is 77.1 Å². The molecule has 0 saturated heterocycles. The van der Waals surface area contributed by atoms with E-state index in [9.17, 15) is 0 Å². The van der Waals surface area contributed by atoms with Gasteiger partial charge in [0.25, 0.3) is 0 Å². The van der Waals surface area contributed by atoms with E-state index in [1.807, 2.05) is 49.4 Å². The highest BCUT2D eigenvalue weighted by Gasteiger charge is 2.30. The maximum Gasteiger partial charge on any atom is 0.143 e. The number of methoxy groups -OCH3 is 1. The highest BCUT2D eigenvalue weighted by Crippen LogP contribution is 2.43. The number of nitrogens with two attached hydrogens (primary N) is 1. The number of nitrogens with zero attached hydrogens (tertiary/aromatic N) is 1. The lowest BCUT2D eigenvalue weighted by atomic mass is 9.81. The van der Waals surface area contributed by atoms with Crippen LogP contribution in [-0.2, 0) is 5.41 Å². The fourth-order valence-corrected chi connectivity index (χ4v) is 3.75. The molecule has 28 heavy (non-hydrogen) atoms. The Labute approximate surface area is 164 Å². The molecule has 2 aromatic carbocycles. The van der Waals surface area contributed by atoms with Gasteiger partial charge in [-0.15, -0.1) is 0 Å². The zero-order chi connectivity index (χ0) is 19.9. The van der Waals surface area contributed by atoms with Crippen LogP contribution in [0.25, 0.3) is 33.4 Å². The van der Waals surface area contributed by atoms with Crippen LogP contribution in [0, 0.1) is 6.92 Å². The highest BCUT2D eigenvalue weighted by atomic mass is 16.5. The number of benzene rings is 2. The molecule has 0 aliphatic heterocycles. The third-order valence-corrected chi connectivity index (χ3v) is 5.35. The maximum absolute atomic E-state index is 6.18. The smallest absolute Gasteiger partial charge is 0.143 e. The summed E-state index contributed by atoms with van der Waals surface area (Å²) in [5, 5.41) is 5.47. The van der Waals surface area contributed by atoms with Crippen molar-refractivity contribution >= 4 is 10.9 Å². The molecule has 0 aliphatic rings. The van der Waals surface area contributed by atoms with E-state index in [-0.39, 0.29) is 5.41 Å². The van der Waals surface area contributed by atoms with Crippen LogP contribution < -0.4 is 10.5 Å². The van der Waals surface area contributed by atoms with Crippen molar-refractivity contribution in [1.82, 2.24) is 10.1 Å². The summed E-state index contributed by atoms with van der Waals surface area (Å²) in [6.45, 7) is 6.77. The molecule has 0 spiro atoms. The molecular weight excluding hydrogens is 350 g/mol. The standard InChI is InChI=1S/C23H25N3O2/c1-14-19(21(26-28-14)15-8-6-5-7-9-15)22-20(23(2,3)13-24)17-12-16(27-4)10-11-18(17)25-22/h5-12,25H,13,24H2,1-4H3. The molecular formula is C23H25N3O2. The van der Waals surface area contributed by atoms with Crippen LogP contribution in [0.5, 0.6) is 5.75 Å². The predicted octanol–water partition coefficient (Wildman–Crippen LogP) is 5.04. The van der Waals surface area contributed by atoms with Gasteiger partial charge in [-0.1, -0.05) is 49.3 Å². The molecule has 4 aromatic rings. The number of aromatic nitrogens is 2. The van der Waals surface area contributed by atoms with Gasteiger partial charge in [-0.25, -0.2) is 0 Å². The van der Waals surface area contributed by atoms with Crippen LogP contribution in [0.2, 0.25) is 0 Å². The van der Waals surface area contributed by atoms with Crippen LogP contribution in [0.15, 0.2) is 53.1 Å². The molecule has 0 saturated carbocycles. The van der Waals surface area contributed by atoms with Crippen LogP contribution in [0.1, 0.15) is 25.2 Å². The fraction of sp³-hybridized carbons (Fsp3) is 0.261. The molecule has 5 nitrogen and oxygen atoms in total. The first kappa shape index (κ1) is 18.3. The average molecular weight is 375 g/mol. The molecule has 0 amide bonds. The molecule has 4 rings (SSSR count). The van der Waals surface area contributed by atoms with Crippen molar-refractivity contribution in [1.29, 1.82) is 0 Å². The molecule has 3 N–H and O–H groups in total. The van der Waals surface area contributed by atoms with Gasteiger partial charge in [0.2, 0.25) is 0 Å². The normalized spacial score (nSPS) is 11.9. The minimum Gasteiger partial charge on any atom is -0.497 e. The maximum atomic E-state index is 6.18. The first-order valence-electron chi connectivity index (χ1n) is 9.38. The minimum atomic E-state index is -0.252. The second-order valence-electron chi connectivity index (χ2n) is 7.70. The Bertz CT molecular complexity index is 1120. The van der Waals surface area contributed by atoms with Crippen molar-refractivity contribution in [3.63, 3.8) is 0 Å². The Morgan fingerprint density at radius 2 is 1.89 bits per heavy atom. The summed E-state index contributed by atoms with van der Waals surface area (Å²) in [6, 6.07) is 16.1. The molecule has 0 radical (unpaired) electrons. The number of aryl methyl sites for hydroxylation is 1. The molecule has 144 valence electrons. The van der Waals surface area contributed by atoms with Crippen molar-refractivity contribution < 1.29 is 9.26 Å². The van der Waals surface area contributed by atoms with E-state index in [2.05, 4.69) is 30.1 Å². The summed E-state index contributed by atoms with van der Waals surface area (Å²) in [6.07, 6.45) is 0. The van der Waals surface area contributed by atoms with E-state index < -0.39 is 0 Å². The first-order valence-corrected chi connectivity index (χ1v) is 9.38. The Kier molecular flexibility index (Phi) is 4.47. The van der Waals surface area contributed by atoms with Crippen molar-refractivity contribution in [2.24, 2.45) is 5.73 Å². The van der Waals surface area contributed by atoms with Gasteiger partial charge in [-0.2, -0.15) is 0 Å². The molecule has 0 aliphatic carbocycles. The summed E-state index contributed by atoms with van der Waals surface area (Å²) < 4.78 is 11.1. The van der Waals surface area contributed by atoms with Crippen LogP contribution >= 0.6 is 0 Å². The van der Waals surface area contributed by atoms with E-state index in [1.165, 1.54) is 0 Å². The quantitative estimate of drug-likeness (QED) is 0.512. The highest BCUT2D eigenvalue weighted by molar-refractivity contribution is 5.96. The summed E-state index contributed by atoms with van der Waals surface area (Å²) >= 11 is 0. The number of hydrogen-bond donors (Lipinski definition) is 2. The van der Waals surface area contributed by atoms with Gasteiger partial charge in [-0.3, -0.25) is 0 Å². The molecule has 0 bridgehead atoms. The van der Waals surface area contributed by atoms with Crippen molar-refractivity contribution in [2.45, 2.75) is 26.2 Å². The van der Waals surface area contributed by atoms with Crippen molar-refractivity contribution in [2.75, 3.05) is 13.7 Å². The molecule has 2 heterocycles. The average Bonchev–Trinajstić information content (AvgIpc) is 3.28. The summed E-state index contributed by atoms with van der Waals surface area (Å²) in [5.74, 6) is 1.59. The second kappa shape index (κ2) is 6.84. The van der Waals surface area contributed by atoms with Gasteiger partial charge in [0.1, 0.15) is 17.2 Å². The van der Waals surface area contributed by atoms with E-state index in [4.69, 9.17) is 15.0 Å². The summed E-state index contributed by atoms with van der Waals surface area (Å²) in [7, 11) is 1.68. The van der Waals surface area contributed by atoms with Gasteiger partial charge in [0.05, 0.1) is 18.4 Å². The number of fused-ring (bicyclic) bond motifs is 1. The number of ether oxygens (including phenoxy) is 1. The number of nitrogens with one attached hydrogen (secondary N) is 1. The third-order valence-electron chi connectivity index (χ3n) is 5.35. The summed E-state index contributed by atoms with van der Waals surface area (Å²) in [4.78, 5) is 3.60. The molecule has 0 atom stereocenters. The van der Waals surface area contributed by atoms with Crippen LogP contribution in [0.4, 0.5) is 0 Å². The molecule has 0 fully saturated rings.